The fraction of sp³-hybridized carbons (Fsp3) is 0.222. The number of nitrogens with zero attached hydrogens (tertiary/aromatic N) is 2. The van der Waals surface area contributed by atoms with Gasteiger partial charge in [0.1, 0.15) is 5.75 Å². The number of hydrogen-bond donors (Lipinski definition) is 1. The Balaban J connectivity index is 1.74. The van der Waals surface area contributed by atoms with E-state index in [0.29, 0.717) is 0 Å². The molecular formula is C18H19N3O2S. The number of thioether (sulfide) groups is 1. The van der Waals surface area contributed by atoms with Crippen molar-refractivity contribution in [3.63, 3.8) is 0 Å². The SMILES string of the molecule is COc1ccc2nc(S[C@@H](C)C(=O)N(C)c3ccccc3)[nH]c2c1. The molecule has 0 fully saturated rings. The highest BCUT2D eigenvalue weighted by Crippen LogP contribution is 2.27. The van der Waals surface area contributed by atoms with E-state index in [9.17, 15) is 4.79 Å². The summed E-state index contributed by atoms with van der Waals surface area (Å²) >= 11 is 1.42. The molecule has 0 spiro atoms. The van der Waals surface area contributed by atoms with Crippen molar-refractivity contribution in [2.24, 2.45) is 0 Å². The Morgan fingerprint density at radius 1 is 1.25 bits per heavy atom. The summed E-state index contributed by atoms with van der Waals surface area (Å²) in [7, 11) is 3.42. The van der Waals surface area contributed by atoms with Crippen LogP contribution in [0.1, 0.15) is 6.92 Å². The number of ether oxygens (including phenoxy) is 1. The van der Waals surface area contributed by atoms with Gasteiger partial charge in [-0.1, -0.05) is 30.0 Å². The zero-order valence-corrected chi connectivity index (χ0v) is 14.6. The van der Waals surface area contributed by atoms with Gasteiger partial charge in [0, 0.05) is 18.8 Å². The van der Waals surface area contributed by atoms with Gasteiger partial charge in [-0.25, -0.2) is 4.98 Å². The number of nitrogens with one attached hydrogen (secondary N) is 1. The van der Waals surface area contributed by atoms with E-state index in [1.54, 1.807) is 19.1 Å². The molecule has 0 aliphatic heterocycles. The van der Waals surface area contributed by atoms with Gasteiger partial charge in [0.2, 0.25) is 5.91 Å². The highest BCUT2D eigenvalue weighted by molar-refractivity contribution is 8.00. The third-order valence-corrected chi connectivity index (χ3v) is 4.75. The average Bonchev–Trinajstić information content (AvgIpc) is 3.02. The van der Waals surface area contributed by atoms with Gasteiger partial charge in [0.15, 0.2) is 5.16 Å². The lowest BCUT2D eigenvalue weighted by molar-refractivity contribution is -0.117. The molecule has 24 heavy (non-hydrogen) atoms. The maximum Gasteiger partial charge on any atom is 0.240 e. The number of aromatic amines is 1. The van der Waals surface area contributed by atoms with E-state index in [4.69, 9.17) is 4.74 Å². The van der Waals surface area contributed by atoms with Crippen LogP contribution in [0.4, 0.5) is 5.69 Å². The van der Waals surface area contributed by atoms with Crippen LogP contribution in [0.2, 0.25) is 0 Å². The average molecular weight is 341 g/mol. The number of H-pyrrole nitrogens is 1. The summed E-state index contributed by atoms with van der Waals surface area (Å²) in [5, 5.41) is 0.471. The van der Waals surface area contributed by atoms with Gasteiger partial charge >= 0.3 is 0 Å². The molecule has 0 unspecified atom stereocenters. The highest BCUT2D eigenvalue weighted by atomic mass is 32.2. The van der Waals surface area contributed by atoms with Crippen LogP contribution in [0, 0.1) is 0 Å². The first-order valence-corrected chi connectivity index (χ1v) is 8.49. The fourth-order valence-electron chi connectivity index (χ4n) is 2.42. The van der Waals surface area contributed by atoms with Crippen LogP contribution in [0.25, 0.3) is 11.0 Å². The van der Waals surface area contributed by atoms with Gasteiger partial charge in [-0.3, -0.25) is 4.79 Å². The van der Waals surface area contributed by atoms with E-state index < -0.39 is 0 Å². The summed E-state index contributed by atoms with van der Waals surface area (Å²) in [6.07, 6.45) is 0. The van der Waals surface area contributed by atoms with Crippen molar-refractivity contribution in [2.45, 2.75) is 17.3 Å². The first-order chi connectivity index (χ1) is 11.6. The van der Waals surface area contributed by atoms with Crippen LogP contribution in [-0.4, -0.2) is 35.3 Å². The topological polar surface area (TPSA) is 58.2 Å². The number of fused-ring (bicyclic) bond motifs is 1. The number of imidazole rings is 1. The number of anilines is 1. The lowest BCUT2D eigenvalue weighted by Crippen LogP contribution is -2.33. The van der Waals surface area contributed by atoms with Gasteiger partial charge in [-0.05, 0) is 31.2 Å². The summed E-state index contributed by atoms with van der Waals surface area (Å²) in [5.74, 6) is 0.805. The lowest BCUT2D eigenvalue weighted by atomic mass is 10.3. The van der Waals surface area contributed by atoms with E-state index >= 15 is 0 Å². The molecular weight excluding hydrogens is 322 g/mol. The Labute approximate surface area is 145 Å². The first-order valence-electron chi connectivity index (χ1n) is 7.61. The summed E-state index contributed by atoms with van der Waals surface area (Å²) in [5.41, 5.74) is 2.63. The number of carbonyl (C=O) groups excluding carboxylic acids is 1. The molecule has 2 aromatic carbocycles. The van der Waals surface area contributed by atoms with Crippen molar-refractivity contribution >= 4 is 34.4 Å². The Bertz CT molecular complexity index is 848. The standard InChI is InChI=1S/C18H19N3O2S/c1-12(17(22)21(2)13-7-5-4-6-8-13)24-18-19-15-10-9-14(23-3)11-16(15)20-18/h4-12H,1-3H3,(H,19,20)/t12-/m0/s1. The minimum atomic E-state index is -0.252. The number of methoxy groups -OCH3 is 1. The summed E-state index contributed by atoms with van der Waals surface area (Å²) < 4.78 is 5.22. The zero-order chi connectivity index (χ0) is 17.1. The Morgan fingerprint density at radius 3 is 2.71 bits per heavy atom. The van der Waals surface area contributed by atoms with Crippen molar-refractivity contribution in [1.82, 2.24) is 9.97 Å². The lowest BCUT2D eigenvalue weighted by Gasteiger charge is -2.20. The third kappa shape index (κ3) is 3.38. The van der Waals surface area contributed by atoms with Gasteiger partial charge in [-0.2, -0.15) is 0 Å². The van der Waals surface area contributed by atoms with Gasteiger partial charge in [-0.15, -0.1) is 0 Å². The summed E-state index contributed by atoms with van der Waals surface area (Å²) in [4.78, 5) is 22.0. The molecule has 0 saturated carbocycles. The molecule has 1 heterocycles. The molecule has 124 valence electrons. The molecule has 0 aliphatic rings. The van der Waals surface area contributed by atoms with Crippen molar-refractivity contribution < 1.29 is 9.53 Å². The summed E-state index contributed by atoms with van der Waals surface area (Å²) in [6.45, 7) is 1.89. The number of hydrogen-bond acceptors (Lipinski definition) is 4. The van der Waals surface area contributed by atoms with Gasteiger partial charge < -0.3 is 14.6 Å². The Kier molecular flexibility index (Phi) is 4.76. The predicted octanol–water partition coefficient (Wildman–Crippen LogP) is 3.72. The number of benzene rings is 2. The monoisotopic (exact) mass is 341 g/mol. The normalized spacial score (nSPS) is 12.1. The third-order valence-electron chi connectivity index (χ3n) is 3.78. The molecule has 0 saturated heterocycles. The first kappa shape index (κ1) is 16.4. The Morgan fingerprint density at radius 2 is 2.00 bits per heavy atom. The maximum absolute atomic E-state index is 12.6. The number of carbonyl (C=O) groups is 1. The molecule has 3 rings (SSSR count). The smallest absolute Gasteiger partial charge is 0.240 e. The number of amides is 1. The number of aromatic nitrogens is 2. The van der Waals surface area contributed by atoms with E-state index in [1.807, 2.05) is 55.5 Å². The van der Waals surface area contributed by atoms with Crippen LogP contribution >= 0.6 is 11.8 Å². The van der Waals surface area contributed by atoms with E-state index in [-0.39, 0.29) is 11.2 Å². The molecule has 0 aliphatic carbocycles. The number of para-hydroxylation sites is 1. The molecule has 1 atom stereocenters. The predicted molar refractivity (Wildman–Crippen MR) is 97.8 cm³/mol. The molecule has 5 nitrogen and oxygen atoms in total. The van der Waals surface area contributed by atoms with Crippen LogP contribution in [0.3, 0.4) is 0 Å². The second-order valence-corrected chi connectivity index (χ2v) is 6.75. The van der Waals surface area contributed by atoms with E-state index in [2.05, 4.69) is 9.97 Å². The zero-order valence-electron chi connectivity index (χ0n) is 13.8. The molecule has 1 aromatic heterocycles. The second-order valence-electron chi connectivity index (χ2n) is 5.42. The van der Waals surface area contributed by atoms with E-state index in [0.717, 1.165) is 27.6 Å². The number of rotatable bonds is 5. The molecule has 0 bridgehead atoms. The van der Waals surface area contributed by atoms with Crippen LogP contribution in [0.5, 0.6) is 5.75 Å². The molecule has 0 radical (unpaired) electrons. The fourth-order valence-corrected chi connectivity index (χ4v) is 3.33. The van der Waals surface area contributed by atoms with Gasteiger partial charge in [0.25, 0.3) is 0 Å². The summed E-state index contributed by atoms with van der Waals surface area (Å²) in [6, 6.07) is 15.3. The molecule has 6 heteroatoms. The second kappa shape index (κ2) is 6.97. The van der Waals surface area contributed by atoms with Gasteiger partial charge in [0.05, 0.1) is 23.4 Å². The van der Waals surface area contributed by atoms with Crippen molar-refractivity contribution in [3.8, 4) is 5.75 Å². The molecule has 1 amide bonds. The van der Waals surface area contributed by atoms with Crippen molar-refractivity contribution in [1.29, 1.82) is 0 Å². The largest absolute Gasteiger partial charge is 0.497 e. The minimum absolute atomic E-state index is 0.0317. The van der Waals surface area contributed by atoms with Crippen molar-refractivity contribution in [2.75, 3.05) is 19.1 Å². The van der Waals surface area contributed by atoms with Crippen LogP contribution < -0.4 is 9.64 Å². The maximum atomic E-state index is 12.6. The van der Waals surface area contributed by atoms with Crippen LogP contribution in [-0.2, 0) is 4.79 Å². The Hall–Kier alpha value is -2.47. The highest BCUT2D eigenvalue weighted by Gasteiger charge is 2.21. The molecule has 1 N–H and O–H groups in total. The quantitative estimate of drug-likeness (QED) is 0.719. The van der Waals surface area contributed by atoms with Crippen LogP contribution in [0.15, 0.2) is 53.7 Å². The van der Waals surface area contributed by atoms with Crippen molar-refractivity contribution in [3.05, 3.63) is 48.5 Å². The minimum Gasteiger partial charge on any atom is -0.497 e. The van der Waals surface area contributed by atoms with E-state index in [1.165, 1.54) is 11.8 Å². The molecule has 3 aromatic rings.